The predicted molar refractivity (Wildman–Crippen MR) is 88.0 cm³/mol. The molecule has 0 aliphatic heterocycles. The Hall–Kier alpha value is -3.53. The van der Waals surface area contributed by atoms with Gasteiger partial charge in [-0.15, -0.1) is 0 Å². The Bertz CT molecular complexity index is 946. The third kappa shape index (κ3) is 2.91. The minimum absolute atomic E-state index is 0.456. The first-order chi connectivity index (χ1) is 11.2. The van der Waals surface area contributed by atoms with Crippen LogP contribution in [0.15, 0.2) is 42.2 Å². The number of H-pyrrole nitrogens is 1. The second-order valence-corrected chi connectivity index (χ2v) is 4.89. The van der Waals surface area contributed by atoms with Crippen LogP contribution in [-0.4, -0.2) is 26.4 Å². The van der Waals surface area contributed by atoms with Gasteiger partial charge in [0.1, 0.15) is 11.5 Å². The number of aromatic amines is 1. The number of nitrogens with one attached hydrogen (secondary N) is 3. The van der Waals surface area contributed by atoms with E-state index in [1.165, 1.54) is 6.21 Å². The minimum Gasteiger partial charge on any atom is -0.346 e. The third-order valence-corrected chi connectivity index (χ3v) is 3.23. The van der Waals surface area contributed by atoms with E-state index in [2.05, 4.69) is 31.6 Å². The van der Waals surface area contributed by atoms with Crippen molar-refractivity contribution in [3.63, 3.8) is 0 Å². The summed E-state index contributed by atoms with van der Waals surface area (Å²) in [6, 6.07) is 9.14. The van der Waals surface area contributed by atoms with Crippen molar-refractivity contribution >= 4 is 22.9 Å². The SMILES string of the molecule is C/C(C=N)=C/Nc1ccnc(-c2n[nH]c3ccc(C#N)cc23)n1. The van der Waals surface area contributed by atoms with Gasteiger partial charge >= 0.3 is 0 Å². The molecule has 0 aliphatic rings. The van der Waals surface area contributed by atoms with Gasteiger partial charge < -0.3 is 10.7 Å². The second-order valence-electron chi connectivity index (χ2n) is 4.89. The molecule has 3 aromatic rings. The van der Waals surface area contributed by atoms with E-state index in [1.54, 1.807) is 30.6 Å². The number of anilines is 1. The van der Waals surface area contributed by atoms with Crippen molar-refractivity contribution in [1.29, 1.82) is 10.7 Å². The summed E-state index contributed by atoms with van der Waals surface area (Å²) in [5, 5.41) is 27.2. The molecule has 0 unspecified atom stereocenters. The number of nitrogens with zero attached hydrogens (tertiary/aromatic N) is 4. The lowest BCUT2D eigenvalue weighted by molar-refractivity contribution is 1.08. The lowest BCUT2D eigenvalue weighted by Crippen LogP contribution is -1.97. The van der Waals surface area contributed by atoms with E-state index < -0.39 is 0 Å². The highest BCUT2D eigenvalue weighted by atomic mass is 15.1. The highest BCUT2D eigenvalue weighted by Crippen LogP contribution is 2.25. The molecule has 1 aromatic carbocycles. The Morgan fingerprint density at radius 1 is 1.39 bits per heavy atom. The van der Waals surface area contributed by atoms with Crippen molar-refractivity contribution in [1.82, 2.24) is 20.2 Å². The molecule has 3 rings (SSSR count). The van der Waals surface area contributed by atoms with Gasteiger partial charge in [0.2, 0.25) is 0 Å². The zero-order valence-electron chi connectivity index (χ0n) is 12.3. The van der Waals surface area contributed by atoms with Gasteiger partial charge in [-0.1, -0.05) is 0 Å². The fourth-order valence-corrected chi connectivity index (χ4v) is 2.04. The lowest BCUT2D eigenvalue weighted by atomic mass is 10.1. The van der Waals surface area contributed by atoms with Gasteiger partial charge in [0.15, 0.2) is 5.82 Å². The molecule has 2 aromatic heterocycles. The summed E-state index contributed by atoms with van der Waals surface area (Å²) in [4.78, 5) is 8.67. The van der Waals surface area contributed by atoms with E-state index in [-0.39, 0.29) is 0 Å². The molecule has 23 heavy (non-hydrogen) atoms. The summed E-state index contributed by atoms with van der Waals surface area (Å²) in [5.41, 5.74) is 2.74. The summed E-state index contributed by atoms with van der Waals surface area (Å²) >= 11 is 0. The van der Waals surface area contributed by atoms with Crippen molar-refractivity contribution < 1.29 is 0 Å². The maximum atomic E-state index is 9.04. The van der Waals surface area contributed by atoms with Crippen LogP contribution in [0.2, 0.25) is 0 Å². The number of benzene rings is 1. The normalized spacial score (nSPS) is 11.2. The number of allylic oxidation sites excluding steroid dienone is 1. The molecule has 0 bridgehead atoms. The van der Waals surface area contributed by atoms with Crippen LogP contribution in [0.5, 0.6) is 0 Å². The van der Waals surface area contributed by atoms with Crippen LogP contribution in [0.1, 0.15) is 12.5 Å². The topological polar surface area (TPSA) is 114 Å². The van der Waals surface area contributed by atoms with Crippen LogP contribution in [-0.2, 0) is 0 Å². The van der Waals surface area contributed by atoms with E-state index in [0.29, 0.717) is 22.9 Å². The molecular weight excluding hydrogens is 290 g/mol. The van der Waals surface area contributed by atoms with Crippen LogP contribution in [0.25, 0.3) is 22.4 Å². The van der Waals surface area contributed by atoms with Crippen LogP contribution in [0.3, 0.4) is 0 Å². The molecule has 0 atom stereocenters. The minimum atomic E-state index is 0.456. The van der Waals surface area contributed by atoms with Gasteiger partial charge in [0, 0.05) is 24.0 Å². The average molecular weight is 303 g/mol. The van der Waals surface area contributed by atoms with Crippen LogP contribution < -0.4 is 5.32 Å². The average Bonchev–Trinajstić information content (AvgIpc) is 3.02. The van der Waals surface area contributed by atoms with E-state index in [1.807, 2.05) is 13.0 Å². The number of rotatable bonds is 4. The first-order valence-corrected chi connectivity index (χ1v) is 6.86. The first-order valence-electron chi connectivity index (χ1n) is 6.86. The first kappa shape index (κ1) is 14.4. The highest BCUT2D eigenvalue weighted by Gasteiger charge is 2.12. The predicted octanol–water partition coefficient (Wildman–Crippen LogP) is 2.86. The fraction of sp³-hybridized carbons (Fsp3) is 0.0625. The molecule has 0 saturated carbocycles. The standard InChI is InChI=1S/C16H13N7/c1-10(7-17)9-20-14-4-5-19-16(21-14)15-12-6-11(8-18)2-3-13(12)22-23-15/h2-7,9,17H,1H3,(H,22,23)(H,19,20,21)/b10-9-,17-7?. The number of nitriles is 1. The van der Waals surface area contributed by atoms with Crippen molar-refractivity contribution in [2.24, 2.45) is 0 Å². The largest absolute Gasteiger partial charge is 0.346 e. The van der Waals surface area contributed by atoms with Crippen molar-refractivity contribution in [2.75, 3.05) is 5.32 Å². The van der Waals surface area contributed by atoms with Crippen LogP contribution in [0.4, 0.5) is 5.82 Å². The van der Waals surface area contributed by atoms with Crippen molar-refractivity contribution in [3.8, 4) is 17.6 Å². The van der Waals surface area contributed by atoms with Gasteiger partial charge in [-0.2, -0.15) is 10.4 Å². The van der Waals surface area contributed by atoms with Gasteiger partial charge in [0.25, 0.3) is 0 Å². The molecule has 0 saturated heterocycles. The van der Waals surface area contributed by atoms with E-state index in [0.717, 1.165) is 16.5 Å². The molecule has 0 fully saturated rings. The third-order valence-electron chi connectivity index (χ3n) is 3.23. The molecule has 7 heteroatoms. The Morgan fingerprint density at radius 2 is 2.26 bits per heavy atom. The molecule has 0 amide bonds. The molecule has 7 nitrogen and oxygen atoms in total. The fourth-order valence-electron chi connectivity index (χ4n) is 2.04. The highest BCUT2D eigenvalue weighted by molar-refractivity contribution is 5.92. The Labute approximate surface area is 132 Å². The second kappa shape index (κ2) is 6.07. The molecule has 3 N–H and O–H groups in total. The Morgan fingerprint density at radius 3 is 3.04 bits per heavy atom. The number of hydrogen-bond donors (Lipinski definition) is 3. The van der Waals surface area contributed by atoms with Gasteiger partial charge in [0.05, 0.1) is 17.1 Å². The molecular formula is C16H13N7. The van der Waals surface area contributed by atoms with Crippen molar-refractivity contribution in [2.45, 2.75) is 6.92 Å². The number of hydrogen-bond acceptors (Lipinski definition) is 6. The van der Waals surface area contributed by atoms with Gasteiger partial charge in [-0.25, -0.2) is 9.97 Å². The molecule has 0 spiro atoms. The maximum absolute atomic E-state index is 9.04. The number of fused-ring (bicyclic) bond motifs is 1. The Balaban J connectivity index is 2.02. The smallest absolute Gasteiger partial charge is 0.182 e. The zero-order chi connectivity index (χ0) is 16.2. The summed E-state index contributed by atoms with van der Waals surface area (Å²) < 4.78 is 0. The summed E-state index contributed by atoms with van der Waals surface area (Å²) in [6.07, 6.45) is 4.57. The molecule has 112 valence electrons. The summed E-state index contributed by atoms with van der Waals surface area (Å²) in [6.45, 7) is 1.81. The van der Waals surface area contributed by atoms with E-state index in [9.17, 15) is 0 Å². The van der Waals surface area contributed by atoms with Gasteiger partial charge in [-0.05, 0) is 36.8 Å². The van der Waals surface area contributed by atoms with Gasteiger partial charge in [-0.3, -0.25) is 5.10 Å². The van der Waals surface area contributed by atoms with Crippen LogP contribution in [0, 0.1) is 16.7 Å². The molecule has 0 aliphatic carbocycles. The molecule has 0 radical (unpaired) electrons. The molecule has 2 heterocycles. The van der Waals surface area contributed by atoms with E-state index in [4.69, 9.17) is 10.7 Å². The lowest BCUT2D eigenvalue weighted by Gasteiger charge is -2.02. The van der Waals surface area contributed by atoms with Crippen molar-refractivity contribution in [3.05, 3.63) is 47.8 Å². The number of aromatic nitrogens is 4. The summed E-state index contributed by atoms with van der Waals surface area (Å²) in [7, 11) is 0. The zero-order valence-corrected chi connectivity index (χ0v) is 12.3. The quantitative estimate of drug-likeness (QED) is 0.641. The monoisotopic (exact) mass is 303 g/mol. The summed E-state index contributed by atoms with van der Waals surface area (Å²) in [5.74, 6) is 1.06. The van der Waals surface area contributed by atoms with Crippen LogP contribution >= 0.6 is 0 Å². The Kier molecular flexibility index (Phi) is 3.80. The maximum Gasteiger partial charge on any atom is 0.182 e. The van der Waals surface area contributed by atoms with E-state index >= 15 is 0 Å².